The van der Waals surface area contributed by atoms with Crippen molar-refractivity contribution >= 4 is 29.2 Å². The number of hydrogen-bond acceptors (Lipinski definition) is 4. The average Bonchev–Trinajstić information content (AvgIpc) is 1.85. The van der Waals surface area contributed by atoms with E-state index in [2.05, 4.69) is 20.3 Å². The Morgan fingerprint density at radius 2 is 1.54 bits per heavy atom. The molecule has 0 aromatic carbocycles. The molecule has 76 valence electrons. The number of halogens is 2. The predicted molar refractivity (Wildman–Crippen MR) is 57.5 cm³/mol. The van der Waals surface area contributed by atoms with Crippen LogP contribution < -0.4 is 5.32 Å². The van der Waals surface area contributed by atoms with Crippen LogP contribution in [-0.4, -0.2) is 21.5 Å². The van der Waals surface area contributed by atoms with Crippen molar-refractivity contribution < 1.29 is 0 Å². The quantitative estimate of drug-likeness (QED) is 0.840. The Labute approximate surface area is 88.7 Å². The largest absolute Gasteiger partial charge is 0.354 e. The van der Waals surface area contributed by atoms with E-state index in [0.29, 0.717) is 5.95 Å². The Kier molecular flexibility index (Phi) is 7.85. The molecular weight excluding hydrogens is 211 g/mol. The summed E-state index contributed by atoms with van der Waals surface area (Å²) in [6.07, 6.45) is 0. The summed E-state index contributed by atoms with van der Waals surface area (Å²) in [6.45, 7) is 2.64. The SMILES string of the molecule is C.C.CCNc1nc(Cl)nc(Cl)n1. The van der Waals surface area contributed by atoms with Gasteiger partial charge in [-0.2, -0.15) is 15.0 Å². The first-order valence-corrected chi connectivity index (χ1v) is 3.79. The first kappa shape index (κ1) is 14.9. The van der Waals surface area contributed by atoms with Gasteiger partial charge in [0.05, 0.1) is 0 Å². The van der Waals surface area contributed by atoms with E-state index in [0.717, 1.165) is 6.54 Å². The summed E-state index contributed by atoms with van der Waals surface area (Å²) < 4.78 is 0. The highest BCUT2D eigenvalue weighted by Gasteiger charge is 1.99. The standard InChI is InChI=1S/C5H6Cl2N4.2CH4/c1-2-8-5-10-3(6)9-4(7)11-5;;/h2H2,1H3,(H,8,9,10,11);2*1H4. The van der Waals surface area contributed by atoms with Gasteiger partial charge in [0, 0.05) is 6.54 Å². The van der Waals surface area contributed by atoms with Crippen LogP contribution in [0.3, 0.4) is 0 Å². The zero-order valence-corrected chi connectivity index (χ0v) is 7.32. The van der Waals surface area contributed by atoms with E-state index in [1.807, 2.05) is 6.92 Å². The van der Waals surface area contributed by atoms with E-state index >= 15 is 0 Å². The second-order valence-electron chi connectivity index (χ2n) is 1.73. The van der Waals surface area contributed by atoms with Gasteiger partial charge in [0.2, 0.25) is 16.5 Å². The molecule has 1 aromatic rings. The zero-order chi connectivity index (χ0) is 8.27. The first-order valence-electron chi connectivity index (χ1n) is 3.03. The fourth-order valence-corrected chi connectivity index (χ4v) is 0.927. The molecule has 0 fully saturated rings. The van der Waals surface area contributed by atoms with Crippen molar-refractivity contribution in [3.8, 4) is 0 Å². The van der Waals surface area contributed by atoms with Gasteiger partial charge < -0.3 is 5.32 Å². The topological polar surface area (TPSA) is 50.7 Å². The van der Waals surface area contributed by atoms with Crippen LogP contribution in [0.25, 0.3) is 0 Å². The van der Waals surface area contributed by atoms with Gasteiger partial charge in [-0.05, 0) is 30.1 Å². The van der Waals surface area contributed by atoms with Crippen LogP contribution in [0.15, 0.2) is 0 Å². The van der Waals surface area contributed by atoms with E-state index in [4.69, 9.17) is 23.2 Å². The summed E-state index contributed by atoms with van der Waals surface area (Å²) in [7, 11) is 0. The minimum Gasteiger partial charge on any atom is -0.354 e. The van der Waals surface area contributed by atoms with Gasteiger partial charge in [0.25, 0.3) is 0 Å². The summed E-state index contributed by atoms with van der Waals surface area (Å²) in [4.78, 5) is 11.1. The Bertz CT molecular complexity index is 234. The molecule has 0 bridgehead atoms. The molecule has 0 unspecified atom stereocenters. The Morgan fingerprint density at radius 3 is 1.92 bits per heavy atom. The molecule has 0 aliphatic carbocycles. The van der Waals surface area contributed by atoms with Crippen LogP contribution in [-0.2, 0) is 0 Å². The molecule has 1 rings (SSSR count). The molecule has 6 heteroatoms. The van der Waals surface area contributed by atoms with Crippen molar-refractivity contribution in [2.75, 3.05) is 11.9 Å². The molecular formula is C7H14Cl2N4. The molecule has 0 aliphatic rings. The van der Waals surface area contributed by atoms with Crippen LogP contribution in [0.5, 0.6) is 0 Å². The van der Waals surface area contributed by atoms with E-state index in [-0.39, 0.29) is 25.4 Å². The lowest BCUT2D eigenvalue weighted by molar-refractivity contribution is 1.02. The molecule has 13 heavy (non-hydrogen) atoms. The summed E-state index contributed by atoms with van der Waals surface area (Å²) in [5.74, 6) is 0.400. The lowest BCUT2D eigenvalue weighted by Gasteiger charge is -1.99. The molecule has 1 heterocycles. The van der Waals surface area contributed by atoms with Crippen molar-refractivity contribution in [1.82, 2.24) is 15.0 Å². The van der Waals surface area contributed by atoms with Gasteiger partial charge in [-0.3, -0.25) is 0 Å². The van der Waals surface area contributed by atoms with Crippen LogP contribution in [0, 0.1) is 0 Å². The molecule has 0 saturated heterocycles. The highest BCUT2D eigenvalue weighted by atomic mass is 35.5. The highest BCUT2D eigenvalue weighted by Crippen LogP contribution is 2.08. The fourth-order valence-electron chi connectivity index (χ4n) is 0.563. The number of rotatable bonds is 2. The zero-order valence-electron chi connectivity index (χ0n) is 5.80. The van der Waals surface area contributed by atoms with Gasteiger partial charge in [-0.1, -0.05) is 14.9 Å². The maximum Gasteiger partial charge on any atom is 0.228 e. The highest BCUT2D eigenvalue weighted by molar-refractivity contribution is 6.31. The predicted octanol–water partition coefficient (Wildman–Crippen LogP) is 2.88. The maximum absolute atomic E-state index is 5.50. The smallest absolute Gasteiger partial charge is 0.228 e. The van der Waals surface area contributed by atoms with Crippen molar-refractivity contribution in [2.45, 2.75) is 21.8 Å². The number of aromatic nitrogens is 3. The third-order valence-corrected chi connectivity index (χ3v) is 1.25. The Hall–Kier alpha value is -0.610. The summed E-state index contributed by atoms with van der Waals surface area (Å²) in [5.41, 5.74) is 0. The number of hydrogen-bond donors (Lipinski definition) is 1. The number of nitrogens with zero attached hydrogens (tertiary/aromatic N) is 3. The second-order valence-corrected chi connectivity index (χ2v) is 2.40. The molecule has 0 atom stereocenters. The van der Waals surface area contributed by atoms with Crippen molar-refractivity contribution in [3.05, 3.63) is 10.6 Å². The van der Waals surface area contributed by atoms with E-state index in [9.17, 15) is 0 Å². The lowest BCUT2D eigenvalue weighted by atomic mass is 10.7. The second kappa shape index (κ2) is 6.86. The summed E-state index contributed by atoms with van der Waals surface area (Å²) in [5, 5.41) is 3.05. The van der Waals surface area contributed by atoms with E-state index in [1.54, 1.807) is 0 Å². The minimum atomic E-state index is 0. The van der Waals surface area contributed by atoms with Crippen molar-refractivity contribution in [3.63, 3.8) is 0 Å². The molecule has 1 aromatic heterocycles. The van der Waals surface area contributed by atoms with E-state index in [1.165, 1.54) is 0 Å². The van der Waals surface area contributed by atoms with Crippen LogP contribution in [0.2, 0.25) is 10.6 Å². The number of nitrogens with one attached hydrogen (secondary N) is 1. The molecule has 0 amide bonds. The van der Waals surface area contributed by atoms with Gasteiger partial charge in [-0.25, -0.2) is 0 Å². The summed E-state index contributed by atoms with van der Waals surface area (Å²) in [6, 6.07) is 0. The van der Waals surface area contributed by atoms with Gasteiger partial charge >= 0.3 is 0 Å². The Morgan fingerprint density at radius 1 is 1.08 bits per heavy atom. The molecule has 0 spiro atoms. The fraction of sp³-hybridized carbons (Fsp3) is 0.571. The molecule has 0 radical (unpaired) electrons. The van der Waals surface area contributed by atoms with Gasteiger partial charge in [-0.15, -0.1) is 0 Å². The van der Waals surface area contributed by atoms with E-state index < -0.39 is 0 Å². The van der Waals surface area contributed by atoms with Crippen molar-refractivity contribution in [2.24, 2.45) is 0 Å². The monoisotopic (exact) mass is 224 g/mol. The average molecular weight is 225 g/mol. The third kappa shape index (κ3) is 4.85. The molecule has 1 N–H and O–H groups in total. The third-order valence-electron chi connectivity index (χ3n) is 0.916. The maximum atomic E-state index is 5.50. The molecule has 0 saturated carbocycles. The minimum absolute atomic E-state index is 0. The van der Waals surface area contributed by atoms with Crippen LogP contribution in [0.4, 0.5) is 5.95 Å². The molecule has 0 aliphatic heterocycles. The summed E-state index contributed by atoms with van der Waals surface area (Å²) >= 11 is 11.0. The molecule has 4 nitrogen and oxygen atoms in total. The first-order chi connectivity index (χ1) is 5.22. The number of anilines is 1. The van der Waals surface area contributed by atoms with Gasteiger partial charge in [0.1, 0.15) is 0 Å². The van der Waals surface area contributed by atoms with Crippen molar-refractivity contribution in [1.29, 1.82) is 0 Å². The lowest BCUT2D eigenvalue weighted by Crippen LogP contribution is -2.03. The normalized spacial score (nSPS) is 8.23. The van der Waals surface area contributed by atoms with Crippen LogP contribution in [0.1, 0.15) is 21.8 Å². The van der Waals surface area contributed by atoms with Crippen LogP contribution >= 0.6 is 23.2 Å². The van der Waals surface area contributed by atoms with Gasteiger partial charge in [0.15, 0.2) is 0 Å². The Balaban J connectivity index is 0.